The summed E-state index contributed by atoms with van der Waals surface area (Å²) in [5, 5.41) is 10.7. The van der Waals surface area contributed by atoms with Crippen LogP contribution in [-0.4, -0.2) is 36.4 Å². The lowest BCUT2D eigenvalue weighted by atomic mass is 10.1. The van der Waals surface area contributed by atoms with Crippen molar-refractivity contribution in [1.29, 1.82) is 0 Å². The van der Waals surface area contributed by atoms with E-state index in [0.29, 0.717) is 0 Å². The molecule has 2 heterocycles. The highest BCUT2D eigenvalue weighted by Gasteiger charge is 2.20. The average molecular weight is 260 g/mol. The summed E-state index contributed by atoms with van der Waals surface area (Å²) in [6.07, 6.45) is 0. The zero-order valence-corrected chi connectivity index (χ0v) is 10.9. The van der Waals surface area contributed by atoms with Crippen molar-refractivity contribution >= 4 is 5.82 Å². The van der Waals surface area contributed by atoms with Crippen molar-refractivity contribution in [2.24, 2.45) is 0 Å². The first-order valence-electron chi connectivity index (χ1n) is 6.52. The number of hydrogen-bond acceptors (Lipinski definition) is 3. The van der Waals surface area contributed by atoms with Crippen LogP contribution in [0.3, 0.4) is 0 Å². The van der Waals surface area contributed by atoms with Gasteiger partial charge in [0, 0.05) is 37.4 Å². The molecule has 1 aliphatic heterocycles. The number of piperazine rings is 1. The summed E-state index contributed by atoms with van der Waals surface area (Å²) in [4.78, 5) is 2.24. The maximum Gasteiger partial charge on any atom is 0.158 e. The molecule has 0 amide bonds. The second-order valence-electron chi connectivity index (χ2n) is 4.79. The van der Waals surface area contributed by atoms with Crippen molar-refractivity contribution in [2.45, 2.75) is 6.92 Å². The van der Waals surface area contributed by atoms with Crippen LogP contribution in [0.2, 0.25) is 0 Å². The number of rotatable bonds is 2. The molecule has 0 saturated carbocycles. The van der Waals surface area contributed by atoms with Crippen molar-refractivity contribution in [3.05, 3.63) is 35.8 Å². The fourth-order valence-corrected chi connectivity index (χ4v) is 2.51. The van der Waals surface area contributed by atoms with E-state index in [1.807, 2.05) is 13.0 Å². The molecule has 0 atom stereocenters. The molecule has 1 saturated heterocycles. The van der Waals surface area contributed by atoms with Crippen molar-refractivity contribution in [1.82, 2.24) is 15.5 Å². The largest absolute Gasteiger partial charge is 0.352 e. The zero-order valence-electron chi connectivity index (χ0n) is 10.9. The Labute approximate surface area is 111 Å². The summed E-state index contributed by atoms with van der Waals surface area (Å²) in [6, 6.07) is 6.68. The van der Waals surface area contributed by atoms with Crippen molar-refractivity contribution in [2.75, 3.05) is 31.1 Å². The first-order valence-corrected chi connectivity index (χ1v) is 6.52. The Hall–Kier alpha value is -1.88. The maximum atomic E-state index is 13.4. The lowest BCUT2D eigenvalue weighted by molar-refractivity contribution is 0.585. The Kier molecular flexibility index (Phi) is 3.21. The van der Waals surface area contributed by atoms with E-state index >= 15 is 0 Å². The van der Waals surface area contributed by atoms with E-state index in [0.717, 1.165) is 48.8 Å². The number of aromatic amines is 1. The third-order valence-electron chi connectivity index (χ3n) is 3.46. The Morgan fingerprint density at radius 2 is 2.05 bits per heavy atom. The summed E-state index contributed by atoms with van der Waals surface area (Å²) in [5.74, 6) is 0.703. The lowest BCUT2D eigenvalue weighted by Crippen LogP contribution is -2.43. The summed E-state index contributed by atoms with van der Waals surface area (Å²) < 4.78 is 13.4. The average Bonchev–Trinajstić information content (AvgIpc) is 2.82. The van der Waals surface area contributed by atoms with Crippen LogP contribution in [-0.2, 0) is 0 Å². The summed E-state index contributed by atoms with van der Waals surface area (Å²) in [7, 11) is 0. The Bertz CT molecular complexity index is 573. The predicted molar refractivity (Wildman–Crippen MR) is 73.8 cm³/mol. The normalized spacial score (nSPS) is 15.8. The molecule has 19 heavy (non-hydrogen) atoms. The number of halogens is 1. The van der Waals surface area contributed by atoms with E-state index in [-0.39, 0.29) is 5.82 Å². The quantitative estimate of drug-likeness (QED) is 0.867. The zero-order chi connectivity index (χ0) is 13.2. The molecule has 100 valence electrons. The molecule has 5 heteroatoms. The molecule has 0 radical (unpaired) electrons. The monoisotopic (exact) mass is 260 g/mol. The number of aryl methyl sites for hydroxylation is 1. The fraction of sp³-hybridized carbons (Fsp3) is 0.357. The van der Waals surface area contributed by atoms with Crippen LogP contribution in [0.4, 0.5) is 10.2 Å². The number of H-pyrrole nitrogens is 1. The Balaban J connectivity index is 2.03. The molecule has 0 spiro atoms. The summed E-state index contributed by atoms with van der Waals surface area (Å²) in [5.41, 5.74) is 2.85. The Morgan fingerprint density at radius 3 is 2.79 bits per heavy atom. The number of hydrogen-bond donors (Lipinski definition) is 2. The van der Waals surface area contributed by atoms with Crippen LogP contribution in [0.15, 0.2) is 24.3 Å². The molecular formula is C14H17FN4. The van der Waals surface area contributed by atoms with Gasteiger partial charge in [-0.3, -0.25) is 5.10 Å². The molecule has 1 fully saturated rings. The van der Waals surface area contributed by atoms with Gasteiger partial charge in [-0.15, -0.1) is 0 Å². The highest BCUT2D eigenvalue weighted by atomic mass is 19.1. The predicted octanol–water partition coefficient (Wildman–Crippen LogP) is 1.93. The van der Waals surface area contributed by atoms with Crippen LogP contribution < -0.4 is 10.2 Å². The molecule has 2 aromatic rings. The van der Waals surface area contributed by atoms with E-state index in [1.54, 1.807) is 12.1 Å². The molecule has 4 nitrogen and oxygen atoms in total. The van der Waals surface area contributed by atoms with Gasteiger partial charge in [-0.05, 0) is 24.6 Å². The van der Waals surface area contributed by atoms with Crippen LogP contribution in [0.5, 0.6) is 0 Å². The first kappa shape index (κ1) is 12.2. The fourth-order valence-electron chi connectivity index (χ4n) is 2.51. The van der Waals surface area contributed by atoms with Crippen LogP contribution in [0.1, 0.15) is 5.69 Å². The molecule has 1 aromatic heterocycles. The highest BCUT2D eigenvalue weighted by molar-refractivity contribution is 5.78. The molecule has 0 aliphatic carbocycles. The number of anilines is 1. The first-order chi connectivity index (χ1) is 9.25. The van der Waals surface area contributed by atoms with Crippen molar-refractivity contribution < 1.29 is 4.39 Å². The third-order valence-corrected chi connectivity index (χ3v) is 3.46. The van der Waals surface area contributed by atoms with E-state index in [9.17, 15) is 4.39 Å². The second kappa shape index (κ2) is 5.01. The van der Waals surface area contributed by atoms with Gasteiger partial charge in [-0.1, -0.05) is 12.1 Å². The van der Waals surface area contributed by atoms with Crippen molar-refractivity contribution in [3.8, 4) is 11.1 Å². The van der Waals surface area contributed by atoms with Crippen LogP contribution in [0, 0.1) is 12.7 Å². The summed E-state index contributed by atoms with van der Waals surface area (Å²) >= 11 is 0. The van der Waals surface area contributed by atoms with Gasteiger partial charge in [0.15, 0.2) is 5.82 Å². The number of nitrogens with one attached hydrogen (secondary N) is 2. The topological polar surface area (TPSA) is 44.0 Å². The van der Waals surface area contributed by atoms with E-state index < -0.39 is 0 Å². The minimum absolute atomic E-state index is 0.218. The van der Waals surface area contributed by atoms with Gasteiger partial charge in [0.25, 0.3) is 0 Å². The maximum absolute atomic E-state index is 13.4. The second-order valence-corrected chi connectivity index (χ2v) is 4.79. The SMILES string of the molecule is Cc1[nH]nc(N2CCNCC2)c1-c1cccc(F)c1. The van der Waals surface area contributed by atoms with Gasteiger partial charge >= 0.3 is 0 Å². The molecule has 0 unspecified atom stereocenters. The molecule has 1 aliphatic rings. The molecule has 3 rings (SSSR count). The molecule has 1 aromatic carbocycles. The van der Waals surface area contributed by atoms with Gasteiger partial charge in [0.1, 0.15) is 5.82 Å². The lowest BCUT2D eigenvalue weighted by Gasteiger charge is -2.28. The minimum atomic E-state index is -0.218. The van der Waals surface area contributed by atoms with E-state index in [4.69, 9.17) is 0 Å². The highest BCUT2D eigenvalue weighted by Crippen LogP contribution is 2.32. The number of nitrogens with zero attached hydrogens (tertiary/aromatic N) is 2. The van der Waals surface area contributed by atoms with E-state index in [1.165, 1.54) is 6.07 Å². The summed E-state index contributed by atoms with van der Waals surface area (Å²) in [6.45, 7) is 5.72. The third kappa shape index (κ3) is 2.33. The molecule has 0 bridgehead atoms. The molecule has 2 N–H and O–H groups in total. The number of aromatic nitrogens is 2. The number of benzene rings is 1. The van der Waals surface area contributed by atoms with Gasteiger partial charge in [0.05, 0.1) is 0 Å². The standard InChI is InChI=1S/C14H17FN4/c1-10-13(11-3-2-4-12(15)9-11)14(18-17-10)19-7-5-16-6-8-19/h2-4,9,16H,5-8H2,1H3,(H,17,18). The Morgan fingerprint density at radius 1 is 1.26 bits per heavy atom. The van der Waals surface area contributed by atoms with Crippen molar-refractivity contribution in [3.63, 3.8) is 0 Å². The van der Waals surface area contributed by atoms with Crippen LogP contribution in [0.25, 0.3) is 11.1 Å². The van der Waals surface area contributed by atoms with Gasteiger partial charge in [0.2, 0.25) is 0 Å². The molecular weight excluding hydrogens is 243 g/mol. The van der Waals surface area contributed by atoms with E-state index in [2.05, 4.69) is 20.4 Å². The van der Waals surface area contributed by atoms with Gasteiger partial charge in [-0.25, -0.2) is 4.39 Å². The van der Waals surface area contributed by atoms with Gasteiger partial charge < -0.3 is 10.2 Å². The minimum Gasteiger partial charge on any atom is -0.352 e. The van der Waals surface area contributed by atoms with Crippen LogP contribution >= 0.6 is 0 Å². The van der Waals surface area contributed by atoms with Gasteiger partial charge in [-0.2, -0.15) is 5.10 Å². The smallest absolute Gasteiger partial charge is 0.158 e.